The first-order chi connectivity index (χ1) is 11.6. The number of ether oxygens (including phenoxy) is 1. The molecule has 0 radical (unpaired) electrons. The molecule has 4 rings (SSSR count). The maximum atomic E-state index is 12.4. The van der Waals surface area contributed by atoms with E-state index < -0.39 is 0 Å². The summed E-state index contributed by atoms with van der Waals surface area (Å²) in [5.41, 5.74) is 0.614. The van der Waals surface area contributed by atoms with Gasteiger partial charge in [0.25, 0.3) is 5.91 Å². The number of nitrogens with zero attached hydrogens (tertiary/aromatic N) is 3. The quantitative estimate of drug-likeness (QED) is 0.909. The Morgan fingerprint density at radius 1 is 1.38 bits per heavy atom. The Labute approximate surface area is 143 Å². The molecule has 2 saturated heterocycles. The van der Waals surface area contributed by atoms with Crippen LogP contribution >= 0.6 is 0 Å². The van der Waals surface area contributed by atoms with Crippen molar-refractivity contribution in [1.82, 2.24) is 20.0 Å². The molecule has 0 unspecified atom stereocenters. The van der Waals surface area contributed by atoms with Crippen molar-refractivity contribution in [2.75, 3.05) is 26.2 Å². The molecule has 24 heavy (non-hydrogen) atoms. The summed E-state index contributed by atoms with van der Waals surface area (Å²) in [6, 6.07) is 0.210. The summed E-state index contributed by atoms with van der Waals surface area (Å²) in [4.78, 5) is 15.0. The SMILES string of the molecule is Cn1cc(C(=O)N[C@H]2CCOC3(CCN(CC4CC4)CC3)C2)cn1. The molecule has 132 valence electrons. The molecule has 1 aromatic heterocycles. The molecular weight excluding hydrogens is 304 g/mol. The fraction of sp³-hybridized carbons (Fsp3) is 0.778. The highest BCUT2D eigenvalue weighted by atomic mass is 16.5. The van der Waals surface area contributed by atoms with E-state index in [1.54, 1.807) is 17.1 Å². The van der Waals surface area contributed by atoms with E-state index in [2.05, 4.69) is 15.3 Å². The normalized spacial score (nSPS) is 27.3. The summed E-state index contributed by atoms with van der Waals surface area (Å²) in [6.07, 6.45) is 10.3. The monoisotopic (exact) mass is 332 g/mol. The minimum atomic E-state index is -0.0226. The molecule has 0 aromatic carbocycles. The van der Waals surface area contributed by atoms with Crippen molar-refractivity contribution in [3.05, 3.63) is 18.0 Å². The topological polar surface area (TPSA) is 59.4 Å². The number of hydrogen-bond acceptors (Lipinski definition) is 4. The summed E-state index contributed by atoms with van der Waals surface area (Å²) in [6.45, 7) is 4.30. The molecule has 3 aliphatic rings. The largest absolute Gasteiger partial charge is 0.375 e. The number of carbonyl (C=O) groups excluding carboxylic acids is 1. The lowest BCUT2D eigenvalue weighted by molar-refractivity contribution is -0.118. The second-order valence-corrected chi connectivity index (χ2v) is 7.84. The summed E-state index contributed by atoms with van der Waals surface area (Å²) in [7, 11) is 1.83. The van der Waals surface area contributed by atoms with Gasteiger partial charge in [0.15, 0.2) is 0 Å². The van der Waals surface area contributed by atoms with Crippen LogP contribution < -0.4 is 5.32 Å². The minimum Gasteiger partial charge on any atom is -0.375 e. The predicted octanol–water partition coefficient (Wildman–Crippen LogP) is 1.57. The smallest absolute Gasteiger partial charge is 0.254 e. The molecule has 1 aliphatic carbocycles. The van der Waals surface area contributed by atoms with Gasteiger partial charge in [-0.05, 0) is 44.4 Å². The van der Waals surface area contributed by atoms with Gasteiger partial charge in [-0.15, -0.1) is 0 Å². The number of hydrogen-bond donors (Lipinski definition) is 1. The second-order valence-electron chi connectivity index (χ2n) is 7.84. The third kappa shape index (κ3) is 3.64. The molecule has 1 atom stereocenters. The van der Waals surface area contributed by atoms with Crippen molar-refractivity contribution in [1.29, 1.82) is 0 Å². The molecule has 1 aromatic rings. The van der Waals surface area contributed by atoms with Crippen LogP contribution in [-0.4, -0.2) is 58.5 Å². The van der Waals surface area contributed by atoms with Crippen LogP contribution in [0.4, 0.5) is 0 Å². The van der Waals surface area contributed by atoms with Gasteiger partial charge in [0.2, 0.25) is 0 Å². The number of rotatable bonds is 4. The van der Waals surface area contributed by atoms with Gasteiger partial charge >= 0.3 is 0 Å². The number of amides is 1. The van der Waals surface area contributed by atoms with Crippen molar-refractivity contribution >= 4 is 5.91 Å². The molecule has 3 heterocycles. The lowest BCUT2D eigenvalue weighted by atomic mass is 9.82. The van der Waals surface area contributed by atoms with E-state index in [1.165, 1.54) is 19.4 Å². The van der Waals surface area contributed by atoms with Gasteiger partial charge in [-0.1, -0.05) is 0 Å². The number of aromatic nitrogens is 2. The van der Waals surface area contributed by atoms with Crippen LogP contribution in [0.5, 0.6) is 0 Å². The number of nitrogens with one attached hydrogen (secondary N) is 1. The first kappa shape index (κ1) is 16.1. The Kier molecular flexibility index (Phi) is 4.35. The molecule has 1 N–H and O–H groups in total. The van der Waals surface area contributed by atoms with Gasteiger partial charge in [-0.2, -0.15) is 5.10 Å². The van der Waals surface area contributed by atoms with Crippen molar-refractivity contribution in [2.24, 2.45) is 13.0 Å². The van der Waals surface area contributed by atoms with Crippen LogP contribution in [0.1, 0.15) is 48.9 Å². The molecule has 0 bridgehead atoms. The Hall–Kier alpha value is -1.40. The Morgan fingerprint density at radius 3 is 2.83 bits per heavy atom. The zero-order chi connectivity index (χ0) is 16.6. The number of aryl methyl sites for hydroxylation is 1. The summed E-state index contributed by atoms with van der Waals surface area (Å²) in [5, 5.41) is 7.26. The molecule has 1 amide bonds. The summed E-state index contributed by atoms with van der Waals surface area (Å²) in [5.74, 6) is 0.939. The maximum Gasteiger partial charge on any atom is 0.254 e. The lowest BCUT2D eigenvalue weighted by Gasteiger charge is -2.46. The van der Waals surface area contributed by atoms with E-state index in [0.717, 1.165) is 51.3 Å². The average Bonchev–Trinajstić information content (AvgIpc) is 3.28. The van der Waals surface area contributed by atoms with E-state index >= 15 is 0 Å². The van der Waals surface area contributed by atoms with Crippen LogP contribution in [0.15, 0.2) is 12.4 Å². The number of likely N-dealkylation sites (tertiary alicyclic amines) is 1. The van der Waals surface area contributed by atoms with E-state index in [0.29, 0.717) is 5.56 Å². The fourth-order valence-corrected chi connectivity index (χ4v) is 4.12. The highest BCUT2D eigenvalue weighted by molar-refractivity contribution is 5.93. The first-order valence-corrected chi connectivity index (χ1v) is 9.28. The molecule has 2 aliphatic heterocycles. The molecule has 1 saturated carbocycles. The minimum absolute atomic E-state index is 0.0173. The van der Waals surface area contributed by atoms with Crippen LogP contribution in [0.3, 0.4) is 0 Å². The van der Waals surface area contributed by atoms with Crippen LogP contribution in [0.2, 0.25) is 0 Å². The van der Waals surface area contributed by atoms with E-state index in [4.69, 9.17) is 4.74 Å². The van der Waals surface area contributed by atoms with E-state index in [-0.39, 0.29) is 17.6 Å². The Morgan fingerprint density at radius 2 is 2.17 bits per heavy atom. The van der Waals surface area contributed by atoms with Crippen molar-refractivity contribution < 1.29 is 9.53 Å². The highest BCUT2D eigenvalue weighted by Gasteiger charge is 2.41. The molecule has 1 spiro atoms. The molecular formula is C18H28N4O2. The van der Waals surface area contributed by atoms with Crippen molar-refractivity contribution in [2.45, 2.75) is 50.2 Å². The third-order valence-electron chi connectivity index (χ3n) is 5.78. The zero-order valence-corrected chi connectivity index (χ0v) is 14.5. The van der Waals surface area contributed by atoms with Crippen molar-refractivity contribution in [3.63, 3.8) is 0 Å². The number of carbonyl (C=O) groups is 1. The fourth-order valence-electron chi connectivity index (χ4n) is 4.12. The zero-order valence-electron chi connectivity index (χ0n) is 14.5. The van der Waals surface area contributed by atoms with Gasteiger partial charge in [-0.3, -0.25) is 9.48 Å². The summed E-state index contributed by atoms with van der Waals surface area (Å²) < 4.78 is 7.87. The van der Waals surface area contributed by atoms with E-state index in [1.807, 2.05) is 7.05 Å². The molecule has 3 fully saturated rings. The predicted molar refractivity (Wildman–Crippen MR) is 90.8 cm³/mol. The van der Waals surface area contributed by atoms with Crippen LogP contribution in [0.25, 0.3) is 0 Å². The second kappa shape index (κ2) is 6.48. The van der Waals surface area contributed by atoms with Gasteiger partial charge in [0.1, 0.15) is 0 Å². The average molecular weight is 332 g/mol. The third-order valence-corrected chi connectivity index (χ3v) is 5.78. The standard InChI is InChI=1S/C18H28N4O2/c1-21-13-15(11-19-21)17(23)20-16-4-9-24-18(10-16)5-7-22(8-6-18)12-14-2-3-14/h11,13-14,16H,2-10,12H2,1H3,(H,20,23)/t16-/m0/s1. The molecule has 6 heteroatoms. The maximum absolute atomic E-state index is 12.4. The Bertz CT molecular complexity index is 588. The van der Waals surface area contributed by atoms with Crippen LogP contribution in [-0.2, 0) is 11.8 Å². The lowest BCUT2D eigenvalue weighted by Crippen LogP contribution is -2.53. The Balaban J connectivity index is 1.31. The highest BCUT2D eigenvalue weighted by Crippen LogP contribution is 2.37. The van der Waals surface area contributed by atoms with Gasteiger partial charge in [0, 0.05) is 45.5 Å². The van der Waals surface area contributed by atoms with Crippen LogP contribution in [0, 0.1) is 5.92 Å². The van der Waals surface area contributed by atoms with Crippen molar-refractivity contribution in [3.8, 4) is 0 Å². The van der Waals surface area contributed by atoms with E-state index in [9.17, 15) is 4.79 Å². The van der Waals surface area contributed by atoms with Gasteiger partial charge in [-0.25, -0.2) is 0 Å². The summed E-state index contributed by atoms with van der Waals surface area (Å²) >= 11 is 0. The van der Waals surface area contributed by atoms with Gasteiger partial charge < -0.3 is 15.0 Å². The molecule has 6 nitrogen and oxygen atoms in total. The number of piperidine rings is 1. The first-order valence-electron chi connectivity index (χ1n) is 9.28. The van der Waals surface area contributed by atoms with Gasteiger partial charge in [0.05, 0.1) is 17.4 Å².